The van der Waals surface area contributed by atoms with Crippen LogP contribution in [0.25, 0.3) is 0 Å². The Hall–Kier alpha value is -1.11. The number of carbonyl (C=O) groups excluding carboxylic acids is 1. The zero-order valence-corrected chi connectivity index (χ0v) is 9.16. The van der Waals surface area contributed by atoms with Crippen LogP contribution in [0.3, 0.4) is 0 Å². The number of hydrogen-bond donors (Lipinski definition) is 0. The van der Waals surface area contributed by atoms with Gasteiger partial charge in [-0.1, -0.05) is 51.1 Å². The molecule has 0 spiro atoms. The lowest BCUT2D eigenvalue weighted by Gasteiger charge is -2.25. The Morgan fingerprint density at radius 2 is 1.79 bits per heavy atom. The van der Waals surface area contributed by atoms with E-state index in [-0.39, 0.29) is 11.3 Å². The summed E-state index contributed by atoms with van der Waals surface area (Å²) in [5.41, 5.74) is 1.29. The monoisotopic (exact) mass is 190 g/mol. The van der Waals surface area contributed by atoms with Crippen LogP contribution in [0.5, 0.6) is 0 Å². The average molecular weight is 190 g/mol. The number of hydrogen-bond acceptors (Lipinski definition) is 1. The third kappa shape index (κ3) is 2.99. The van der Waals surface area contributed by atoms with Crippen LogP contribution in [0.15, 0.2) is 30.3 Å². The molecule has 0 unspecified atom stereocenters. The zero-order chi connectivity index (χ0) is 10.6. The van der Waals surface area contributed by atoms with E-state index in [4.69, 9.17) is 0 Å². The third-order valence-electron chi connectivity index (χ3n) is 2.58. The lowest BCUT2D eigenvalue weighted by molar-refractivity contribution is -0.113. The van der Waals surface area contributed by atoms with Gasteiger partial charge in [0.05, 0.1) is 0 Å². The Kier molecular flexibility index (Phi) is 3.45. The summed E-state index contributed by atoms with van der Waals surface area (Å²) in [6.45, 7) is 6.32. The number of aldehydes is 1. The van der Waals surface area contributed by atoms with Gasteiger partial charge in [0.25, 0.3) is 0 Å². The smallest absolute Gasteiger partial charge is 0.123 e. The lowest BCUT2D eigenvalue weighted by Crippen LogP contribution is -2.23. The summed E-state index contributed by atoms with van der Waals surface area (Å²) < 4.78 is 0. The molecule has 1 aromatic rings. The molecular formula is C13H18O. The molecule has 1 atom stereocenters. The highest BCUT2D eigenvalue weighted by Gasteiger charge is 2.23. The maximum Gasteiger partial charge on any atom is 0.123 e. The van der Waals surface area contributed by atoms with Crippen LogP contribution in [-0.2, 0) is 11.2 Å². The van der Waals surface area contributed by atoms with E-state index in [0.717, 1.165) is 12.7 Å². The molecular weight excluding hydrogens is 172 g/mol. The first-order chi connectivity index (χ1) is 6.54. The van der Waals surface area contributed by atoms with Crippen molar-refractivity contribution in [2.24, 2.45) is 11.3 Å². The van der Waals surface area contributed by atoms with Crippen molar-refractivity contribution < 1.29 is 4.79 Å². The highest BCUT2D eigenvalue weighted by molar-refractivity contribution is 5.55. The predicted molar refractivity (Wildman–Crippen MR) is 59.2 cm³/mol. The Balaban J connectivity index is 2.72. The molecule has 1 nitrogen and oxygen atoms in total. The van der Waals surface area contributed by atoms with Crippen molar-refractivity contribution >= 4 is 6.29 Å². The summed E-state index contributed by atoms with van der Waals surface area (Å²) in [5, 5.41) is 0. The molecule has 76 valence electrons. The van der Waals surface area contributed by atoms with Crippen LogP contribution >= 0.6 is 0 Å². The molecule has 0 heterocycles. The van der Waals surface area contributed by atoms with Gasteiger partial charge in [0.15, 0.2) is 0 Å². The first-order valence-electron chi connectivity index (χ1n) is 5.03. The van der Waals surface area contributed by atoms with Crippen molar-refractivity contribution in [2.75, 3.05) is 0 Å². The van der Waals surface area contributed by atoms with Gasteiger partial charge in [0.2, 0.25) is 0 Å². The molecule has 0 aliphatic carbocycles. The van der Waals surface area contributed by atoms with Gasteiger partial charge in [-0.05, 0) is 17.4 Å². The summed E-state index contributed by atoms with van der Waals surface area (Å²) in [6, 6.07) is 10.2. The average Bonchev–Trinajstić information content (AvgIpc) is 2.14. The Labute approximate surface area is 86.1 Å². The molecule has 0 fully saturated rings. The summed E-state index contributed by atoms with van der Waals surface area (Å²) in [6.07, 6.45) is 1.92. The number of rotatable bonds is 3. The number of carbonyl (C=O) groups is 1. The zero-order valence-electron chi connectivity index (χ0n) is 9.16. The normalized spacial score (nSPS) is 13.6. The van der Waals surface area contributed by atoms with Gasteiger partial charge < -0.3 is 4.79 Å². The van der Waals surface area contributed by atoms with E-state index in [9.17, 15) is 4.79 Å². The topological polar surface area (TPSA) is 17.1 Å². The summed E-state index contributed by atoms with van der Waals surface area (Å²) in [7, 11) is 0. The van der Waals surface area contributed by atoms with Gasteiger partial charge in [-0.15, -0.1) is 0 Å². The molecule has 0 bridgehead atoms. The van der Waals surface area contributed by atoms with Gasteiger partial charge in [0, 0.05) is 5.92 Å². The van der Waals surface area contributed by atoms with Crippen molar-refractivity contribution in [2.45, 2.75) is 27.2 Å². The standard InChI is InChI=1S/C13H18O/c1-13(2,3)12(10-14)9-11-7-5-4-6-8-11/h4-8,10,12H,9H2,1-3H3/t12-/m1/s1. The molecule has 0 radical (unpaired) electrons. The van der Waals surface area contributed by atoms with Crippen molar-refractivity contribution in [3.05, 3.63) is 35.9 Å². The second kappa shape index (κ2) is 4.41. The molecule has 1 aromatic carbocycles. The quantitative estimate of drug-likeness (QED) is 0.669. The van der Waals surface area contributed by atoms with E-state index in [1.54, 1.807) is 0 Å². The van der Waals surface area contributed by atoms with Crippen LogP contribution in [0, 0.1) is 11.3 Å². The second-order valence-electron chi connectivity index (χ2n) is 4.80. The van der Waals surface area contributed by atoms with Gasteiger partial charge >= 0.3 is 0 Å². The molecule has 0 aromatic heterocycles. The number of benzene rings is 1. The van der Waals surface area contributed by atoms with Gasteiger partial charge in [-0.3, -0.25) is 0 Å². The molecule has 0 saturated heterocycles. The van der Waals surface area contributed by atoms with E-state index >= 15 is 0 Å². The fraction of sp³-hybridized carbons (Fsp3) is 0.462. The SMILES string of the molecule is CC(C)(C)[C@@H](C=O)Cc1ccccc1. The van der Waals surface area contributed by atoms with Crippen LogP contribution in [-0.4, -0.2) is 6.29 Å². The lowest BCUT2D eigenvalue weighted by atomic mass is 9.78. The maximum absolute atomic E-state index is 11.0. The highest BCUT2D eigenvalue weighted by atomic mass is 16.1. The predicted octanol–water partition coefficient (Wildman–Crippen LogP) is 3.09. The largest absolute Gasteiger partial charge is 0.303 e. The molecule has 0 aliphatic rings. The van der Waals surface area contributed by atoms with Crippen LogP contribution < -0.4 is 0 Å². The highest BCUT2D eigenvalue weighted by Crippen LogP contribution is 2.27. The van der Waals surface area contributed by atoms with Crippen LogP contribution in [0.1, 0.15) is 26.3 Å². The maximum atomic E-state index is 11.0. The van der Waals surface area contributed by atoms with Crippen molar-refractivity contribution in [1.82, 2.24) is 0 Å². The minimum Gasteiger partial charge on any atom is -0.303 e. The Morgan fingerprint density at radius 1 is 1.21 bits per heavy atom. The molecule has 0 saturated carbocycles. The van der Waals surface area contributed by atoms with E-state index < -0.39 is 0 Å². The van der Waals surface area contributed by atoms with Crippen LogP contribution in [0.4, 0.5) is 0 Å². The summed E-state index contributed by atoms with van der Waals surface area (Å²) in [4.78, 5) is 11.0. The van der Waals surface area contributed by atoms with E-state index in [1.165, 1.54) is 5.56 Å². The van der Waals surface area contributed by atoms with E-state index in [2.05, 4.69) is 32.9 Å². The van der Waals surface area contributed by atoms with Crippen molar-refractivity contribution in [3.8, 4) is 0 Å². The van der Waals surface area contributed by atoms with E-state index in [0.29, 0.717) is 0 Å². The van der Waals surface area contributed by atoms with Crippen molar-refractivity contribution in [3.63, 3.8) is 0 Å². The van der Waals surface area contributed by atoms with Gasteiger partial charge in [-0.2, -0.15) is 0 Å². The Morgan fingerprint density at radius 3 is 2.21 bits per heavy atom. The van der Waals surface area contributed by atoms with E-state index in [1.807, 2.05) is 18.2 Å². The second-order valence-corrected chi connectivity index (χ2v) is 4.80. The summed E-state index contributed by atoms with van der Waals surface area (Å²) in [5.74, 6) is 0.102. The van der Waals surface area contributed by atoms with Crippen LogP contribution in [0.2, 0.25) is 0 Å². The molecule has 1 heteroatoms. The minimum absolute atomic E-state index is 0.0532. The molecule has 0 amide bonds. The summed E-state index contributed by atoms with van der Waals surface area (Å²) >= 11 is 0. The molecule has 14 heavy (non-hydrogen) atoms. The van der Waals surface area contributed by atoms with Gasteiger partial charge in [-0.25, -0.2) is 0 Å². The van der Waals surface area contributed by atoms with Gasteiger partial charge in [0.1, 0.15) is 6.29 Å². The fourth-order valence-electron chi connectivity index (χ4n) is 1.43. The first-order valence-corrected chi connectivity index (χ1v) is 5.03. The first kappa shape index (κ1) is 11.0. The fourth-order valence-corrected chi connectivity index (χ4v) is 1.43. The third-order valence-corrected chi connectivity index (χ3v) is 2.58. The minimum atomic E-state index is 0.0532. The molecule has 0 N–H and O–H groups in total. The Bertz CT molecular complexity index is 282. The molecule has 0 aliphatic heterocycles. The molecule has 1 rings (SSSR count). The van der Waals surface area contributed by atoms with Crippen molar-refractivity contribution in [1.29, 1.82) is 0 Å².